The van der Waals surface area contributed by atoms with E-state index in [2.05, 4.69) is 24.4 Å². The number of carbonyl (C=O) groups excluding carboxylic acids is 1. The van der Waals surface area contributed by atoms with Gasteiger partial charge >= 0.3 is 0 Å². The highest BCUT2D eigenvalue weighted by Gasteiger charge is 1.99. The minimum absolute atomic E-state index is 0.182. The van der Waals surface area contributed by atoms with Crippen molar-refractivity contribution in [1.82, 2.24) is 5.32 Å². The lowest BCUT2D eigenvalue weighted by Crippen LogP contribution is -2.25. The van der Waals surface area contributed by atoms with E-state index >= 15 is 0 Å². The Hall–Kier alpha value is -0.830. The monoisotopic (exact) mass is 338 g/mol. The molecular formula is C21H42N2O. The number of allylic oxidation sites excluding steroid dienone is 2. The highest BCUT2D eigenvalue weighted by atomic mass is 16.1. The van der Waals surface area contributed by atoms with Crippen molar-refractivity contribution >= 4 is 5.91 Å². The van der Waals surface area contributed by atoms with E-state index < -0.39 is 0 Å². The zero-order valence-corrected chi connectivity index (χ0v) is 16.2. The van der Waals surface area contributed by atoms with E-state index in [1.165, 1.54) is 77.0 Å². The van der Waals surface area contributed by atoms with Crippen LogP contribution in [0.4, 0.5) is 0 Å². The molecule has 24 heavy (non-hydrogen) atoms. The highest BCUT2D eigenvalue weighted by Crippen LogP contribution is 2.09. The summed E-state index contributed by atoms with van der Waals surface area (Å²) in [6.07, 6.45) is 23.1. The minimum atomic E-state index is 0.182. The van der Waals surface area contributed by atoms with Crippen LogP contribution in [0.2, 0.25) is 0 Å². The number of carbonyl (C=O) groups is 1. The predicted molar refractivity (Wildman–Crippen MR) is 106 cm³/mol. The van der Waals surface area contributed by atoms with E-state index in [9.17, 15) is 4.79 Å². The van der Waals surface area contributed by atoms with E-state index in [0.29, 0.717) is 13.0 Å². The summed E-state index contributed by atoms with van der Waals surface area (Å²) < 4.78 is 0. The molecule has 0 rings (SSSR count). The number of nitrogens with two attached hydrogens (primary N) is 1. The van der Waals surface area contributed by atoms with Crippen LogP contribution in [-0.2, 0) is 4.79 Å². The molecule has 3 N–H and O–H groups in total. The Morgan fingerprint density at radius 3 is 1.92 bits per heavy atom. The number of unbranched alkanes of at least 4 members (excludes halogenated alkanes) is 11. The second-order valence-corrected chi connectivity index (χ2v) is 6.83. The van der Waals surface area contributed by atoms with Crippen molar-refractivity contribution < 1.29 is 4.79 Å². The Labute approximate surface area is 150 Å². The van der Waals surface area contributed by atoms with Crippen LogP contribution < -0.4 is 11.1 Å². The smallest absolute Gasteiger partial charge is 0.219 e. The molecule has 0 saturated carbocycles. The molecule has 0 aliphatic carbocycles. The van der Waals surface area contributed by atoms with E-state index in [4.69, 9.17) is 5.73 Å². The van der Waals surface area contributed by atoms with E-state index in [0.717, 1.165) is 19.4 Å². The second kappa shape index (κ2) is 20.2. The van der Waals surface area contributed by atoms with Gasteiger partial charge in [0.2, 0.25) is 5.91 Å². The van der Waals surface area contributed by atoms with Crippen molar-refractivity contribution in [3.05, 3.63) is 12.2 Å². The fourth-order valence-corrected chi connectivity index (χ4v) is 2.77. The van der Waals surface area contributed by atoms with Gasteiger partial charge in [-0.25, -0.2) is 0 Å². The maximum absolute atomic E-state index is 11.5. The van der Waals surface area contributed by atoms with Crippen molar-refractivity contribution in [3.8, 4) is 0 Å². The van der Waals surface area contributed by atoms with Crippen LogP contribution in [0.15, 0.2) is 12.2 Å². The summed E-state index contributed by atoms with van der Waals surface area (Å²) in [5.74, 6) is 0.182. The quantitative estimate of drug-likeness (QED) is 0.256. The molecule has 0 unspecified atom stereocenters. The molecular weight excluding hydrogens is 296 g/mol. The number of hydrogen-bond donors (Lipinski definition) is 2. The number of hydrogen-bond acceptors (Lipinski definition) is 2. The van der Waals surface area contributed by atoms with Crippen LogP contribution in [-0.4, -0.2) is 19.0 Å². The first-order chi connectivity index (χ1) is 11.8. The molecule has 1 amide bonds. The van der Waals surface area contributed by atoms with Crippen LogP contribution in [0.3, 0.4) is 0 Å². The average molecular weight is 339 g/mol. The molecule has 0 aromatic carbocycles. The van der Waals surface area contributed by atoms with Gasteiger partial charge in [0.05, 0.1) is 0 Å². The molecule has 0 aliphatic rings. The first kappa shape index (κ1) is 23.2. The van der Waals surface area contributed by atoms with Gasteiger partial charge in [-0.2, -0.15) is 0 Å². The van der Waals surface area contributed by atoms with Crippen LogP contribution in [0.5, 0.6) is 0 Å². The molecule has 0 saturated heterocycles. The van der Waals surface area contributed by atoms with Crippen LogP contribution in [0.25, 0.3) is 0 Å². The van der Waals surface area contributed by atoms with Gasteiger partial charge in [0.1, 0.15) is 0 Å². The molecule has 0 aromatic rings. The first-order valence-electron chi connectivity index (χ1n) is 10.4. The third kappa shape index (κ3) is 19.2. The fraction of sp³-hybridized carbons (Fsp3) is 0.857. The molecule has 0 heterocycles. The van der Waals surface area contributed by atoms with Gasteiger partial charge in [-0.3, -0.25) is 4.79 Å². The van der Waals surface area contributed by atoms with Gasteiger partial charge in [-0.15, -0.1) is 0 Å². The van der Waals surface area contributed by atoms with Crippen molar-refractivity contribution in [3.63, 3.8) is 0 Å². The standard InChI is InChI=1S/C21H42N2O/c1-2-3-4-5-6-7-8-9-10-11-12-13-14-15-16-18-21(24)23-20-17-19-22/h9-10H,2-8,11-20,22H2,1H3,(H,23,24). The molecule has 0 spiro atoms. The van der Waals surface area contributed by atoms with Gasteiger partial charge in [0, 0.05) is 13.0 Å². The summed E-state index contributed by atoms with van der Waals surface area (Å²) in [5.41, 5.74) is 5.39. The summed E-state index contributed by atoms with van der Waals surface area (Å²) in [6.45, 7) is 3.64. The lowest BCUT2D eigenvalue weighted by atomic mass is 10.1. The summed E-state index contributed by atoms with van der Waals surface area (Å²) in [4.78, 5) is 11.5. The van der Waals surface area contributed by atoms with E-state index in [1.54, 1.807) is 0 Å². The summed E-state index contributed by atoms with van der Waals surface area (Å²) in [7, 11) is 0. The molecule has 0 aliphatic heterocycles. The van der Waals surface area contributed by atoms with Gasteiger partial charge in [-0.05, 0) is 45.1 Å². The SMILES string of the molecule is CCCCCCCCC=CCCCCCCCC(=O)NCCCN. The van der Waals surface area contributed by atoms with Crippen molar-refractivity contribution in [2.45, 2.75) is 103 Å². The van der Waals surface area contributed by atoms with E-state index in [1.807, 2.05) is 0 Å². The highest BCUT2D eigenvalue weighted by molar-refractivity contribution is 5.75. The van der Waals surface area contributed by atoms with Gasteiger partial charge in [-0.1, -0.05) is 70.4 Å². The van der Waals surface area contributed by atoms with Crippen molar-refractivity contribution in [2.75, 3.05) is 13.1 Å². The topological polar surface area (TPSA) is 55.1 Å². The summed E-state index contributed by atoms with van der Waals surface area (Å²) in [5, 5.41) is 2.91. The Morgan fingerprint density at radius 1 is 0.792 bits per heavy atom. The Morgan fingerprint density at radius 2 is 1.33 bits per heavy atom. The molecule has 0 bridgehead atoms. The largest absolute Gasteiger partial charge is 0.356 e. The molecule has 3 nitrogen and oxygen atoms in total. The lowest BCUT2D eigenvalue weighted by molar-refractivity contribution is -0.121. The number of rotatable bonds is 18. The van der Waals surface area contributed by atoms with Crippen molar-refractivity contribution in [1.29, 1.82) is 0 Å². The minimum Gasteiger partial charge on any atom is -0.356 e. The van der Waals surface area contributed by atoms with Crippen molar-refractivity contribution in [2.24, 2.45) is 5.73 Å². The third-order valence-corrected chi connectivity index (χ3v) is 4.37. The number of nitrogens with one attached hydrogen (secondary N) is 1. The summed E-state index contributed by atoms with van der Waals surface area (Å²) in [6, 6.07) is 0. The van der Waals surface area contributed by atoms with Crippen LogP contribution >= 0.6 is 0 Å². The zero-order chi connectivity index (χ0) is 17.7. The second-order valence-electron chi connectivity index (χ2n) is 6.83. The summed E-state index contributed by atoms with van der Waals surface area (Å²) >= 11 is 0. The zero-order valence-electron chi connectivity index (χ0n) is 16.2. The number of amides is 1. The van der Waals surface area contributed by atoms with Crippen LogP contribution in [0.1, 0.15) is 103 Å². The molecule has 0 aromatic heterocycles. The molecule has 3 heteroatoms. The molecule has 142 valence electrons. The van der Waals surface area contributed by atoms with Crippen LogP contribution in [0, 0.1) is 0 Å². The maximum Gasteiger partial charge on any atom is 0.219 e. The van der Waals surface area contributed by atoms with Gasteiger partial charge in [0.25, 0.3) is 0 Å². The van der Waals surface area contributed by atoms with Gasteiger partial charge in [0.15, 0.2) is 0 Å². The Kier molecular flexibility index (Phi) is 19.5. The Balaban J connectivity index is 3.16. The van der Waals surface area contributed by atoms with Gasteiger partial charge < -0.3 is 11.1 Å². The predicted octanol–water partition coefficient (Wildman–Crippen LogP) is 5.49. The van der Waals surface area contributed by atoms with E-state index in [-0.39, 0.29) is 5.91 Å². The lowest BCUT2D eigenvalue weighted by Gasteiger charge is -2.04. The molecule has 0 fully saturated rings. The third-order valence-electron chi connectivity index (χ3n) is 4.37. The molecule has 0 atom stereocenters. The first-order valence-corrected chi connectivity index (χ1v) is 10.4. The maximum atomic E-state index is 11.5. The Bertz CT molecular complexity index is 290. The fourth-order valence-electron chi connectivity index (χ4n) is 2.77. The average Bonchev–Trinajstić information content (AvgIpc) is 2.58. The normalized spacial score (nSPS) is 11.2. The molecule has 0 radical (unpaired) electrons.